The molecule has 0 radical (unpaired) electrons. The molecule has 1 unspecified atom stereocenters. The Kier molecular flexibility index (Phi) is 6.06. The summed E-state index contributed by atoms with van der Waals surface area (Å²) < 4.78 is 33.5. The van der Waals surface area contributed by atoms with Crippen LogP contribution in [-0.2, 0) is 0 Å². The van der Waals surface area contributed by atoms with Crippen LogP contribution in [0.2, 0.25) is 0 Å². The van der Waals surface area contributed by atoms with Gasteiger partial charge in [-0.3, -0.25) is 4.90 Å². The number of hydrogen-bond acceptors (Lipinski definition) is 3. The van der Waals surface area contributed by atoms with Gasteiger partial charge in [0.2, 0.25) is 0 Å². The molecule has 1 heterocycles. The molecule has 0 saturated carbocycles. The average Bonchev–Trinajstić information content (AvgIpc) is 3.18. The Labute approximate surface area is 162 Å². The number of nitrogens with one attached hydrogen (secondary N) is 2. The van der Waals surface area contributed by atoms with Crippen LogP contribution in [0, 0.1) is 11.6 Å². The summed E-state index contributed by atoms with van der Waals surface area (Å²) in [5.41, 5.74) is 0.783. The third kappa shape index (κ3) is 4.55. The standard InChI is InChI=1S/C21H21F2N3O2/c1-26(2)18(19-9-6-10-28-19)13-24-21(27)25-20-16(11-15(22)12-17(20)23)14-7-4-3-5-8-14/h3-12,18H,13H2,1-2H3,(H2,24,25,27). The molecular formula is C21H21F2N3O2. The molecular weight excluding hydrogens is 364 g/mol. The van der Waals surface area contributed by atoms with Crippen LogP contribution in [0.3, 0.4) is 0 Å². The summed E-state index contributed by atoms with van der Waals surface area (Å²) in [6, 6.07) is 13.5. The van der Waals surface area contributed by atoms with E-state index >= 15 is 0 Å². The van der Waals surface area contributed by atoms with E-state index < -0.39 is 17.7 Å². The summed E-state index contributed by atoms with van der Waals surface area (Å²) in [6.07, 6.45) is 1.56. The fourth-order valence-corrected chi connectivity index (χ4v) is 2.91. The van der Waals surface area contributed by atoms with E-state index in [0.29, 0.717) is 11.3 Å². The van der Waals surface area contributed by atoms with Gasteiger partial charge in [0.15, 0.2) is 0 Å². The molecule has 1 aromatic heterocycles. The van der Waals surface area contributed by atoms with Crippen molar-refractivity contribution in [3.8, 4) is 11.1 Å². The lowest BCUT2D eigenvalue weighted by Gasteiger charge is -2.23. The molecule has 28 heavy (non-hydrogen) atoms. The Bertz CT molecular complexity index is 928. The van der Waals surface area contributed by atoms with E-state index in [0.717, 1.165) is 6.07 Å². The molecule has 5 nitrogen and oxygen atoms in total. The second kappa shape index (κ2) is 8.67. The van der Waals surface area contributed by atoms with Crippen LogP contribution >= 0.6 is 0 Å². The molecule has 2 N–H and O–H groups in total. The molecule has 0 aliphatic rings. The van der Waals surface area contributed by atoms with E-state index in [2.05, 4.69) is 10.6 Å². The fourth-order valence-electron chi connectivity index (χ4n) is 2.91. The zero-order valence-electron chi connectivity index (χ0n) is 15.6. The van der Waals surface area contributed by atoms with Crippen LogP contribution in [0.1, 0.15) is 11.8 Å². The van der Waals surface area contributed by atoms with E-state index in [-0.39, 0.29) is 23.8 Å². The Morgan fingerprint density at radius 1 is 1.11 bits per heavy atom. The number of carbonyl (C=O) groups is 1. The molecule has 0 bridgehead atoms. The molecule has 1 atom stereocenters. The summed E-state index contributed by atoms with van der Waals surface area (Å²) in [5.74, 6) is -0.861. The molecule has 2 aromatic carbocycles. The maximum atomic E-state index is 14.4. The minimum Gasteiger partial charge on any atom is -0.468 e. The highest BCUT2D eigenvalue weighted by Gasteiger charge is 2.19. The summed E-state index contributed by atoms with van der Waals surface area (Å²) in [4.78, 5) is 14.3. The van der Waals surface area contributed by atoms with Crippen molar-refractivity contribution >= 4 is 11.7 Å². The number of hydrogen-bond donors (Lipinski definition) is 2. The van der Waals surface area contributed by atoms with E-state index in [4.69, 9.17) is 4.42 Å². The van der Waals surface area contributed by atoms with Gasteiger partial charge in [0, 0.05) is 18.2 Å². The van der Waals surface area contributed by atoms with Crippen LogP contribution in [0.4, 0.5) is 19.3 Å². The summed E-state index contributed by atoms with van der Waals surface area (Å²) in [6.45, 7) is 0.246. The average molecular weight is 385 g/mol. The lowest BCUT2D eigenvalue weighted by molar-refractivity contribution is 0.233. The lowest BCUT2D eigenvalue weighted by atomic mass is 10.0. The molecule has 2 amide bonds. The van der Waals surface area contributed by atoms with Gasteiger partial charge < -0.3 is 15.1 Å². The molecule has 0 aliphatic carbocycles. The van der Waals surface area contributed by atoms with Crippen molar-refractivity contribution in [1.29, 1.82) is 0 Å². The van der Waals surface area contributed by atoms with Crippen LogP contribution in [-0.4, -0.2) is 31.6 Å². The Morgan fingerprint density at radius 3 is 2.50 bits per heavy atom. The second-order valence-electron chi connectivity index (χ2n) is 6.51. The first-order valence-corrected chi connectivity index (χ1v) is 8.75. The van der Waals surface area contributed by atoms with Gasteiger partial charge >= 0.3 is 6.03 Å². The van der Waals surface area contributed by atoms with E-state index in [1.165, 1.54) is 6.07 Å². The molecule has 0 fully saturated rings. The topological polar surface area (TPSA) is 57.5 Å². The monoisotopic (exact) mass is 385 g/mol. The zero-order chi connectivity index (χ0) is 20.1. The molecule has 0 spiro atoms. The number of benzene rings is 2. The van der Waals surface area contributed by atoms with Crippen LogP contribution in [0.15, 0.2) is 65.3 Å². The van der Waals surface area contributed by atoms with Crippen molar-refractivity contribution in [2.24, 2.45) is 0 Å². The largest absolute Gasteiger partial charge is 0.468 e. The number of likely N-dealkylation sites (N-methyl/N-ethyl adjacent to an activating group) is 1. The molecule has 7 heteroatoms. The zero-order valence-corrected chi connectivity index (χ0v) is 15.6. The van der Waals surface area contributed by atoms with E-state index in [1.54, 1.807) is 42.7 Å². The summed E-state index contributed by atoms with van der Waals surface area (Å²) in [7, 11) is 3.72. The number of anilines is 1. The molecule has 0 saturated heterocycles. The number of furan rings is 1. The maximum Gasteiger partial charge on any atom is 0.319 e. The third-order valence-electron chi connectivity index (χ3n) is 4.33. The van der Waals surface area contributed by atoms with Gasteiger partial charge in [-0.05, 0) is 37.9 Å². The van der Waals surface area contributed by atoms with Crippen molar-refractivity contribution in [2.75, 3.05) is 26.0 Å². The first-order chi connectivity index (χ1) is 13.5. The molecule has 0 aliphatic heterocycles. The highest BCUT2D eigenvalue weighted by Crippen LogP contribution is 2.31. The van der Waals surface area contributed by atoms with Crippen LogP contribution < -0.4 is 10.6 Å². The van der Waals surface area contributed by atoms with Gasteiger partial charge in [-0.15, -0.1) is 0 Å². The van der Waals surface area contributed by atoms with Crippen molar-refractivity contribution in [2.45, 2.75) is 6.04 Å². The fraction of sp³-hybridized carbons (Fsp3) is 0.190. The molecule has 146 valence electrons. The predicted octanol–water partition coefficient (Wildman–Crippen LogP) is 4.65. The van der Waals surface area contributed by atoms with Gasteiger partial charge in [-0.25, -0.2) is 13.6 Å². The predicted molar refractivity (Wildman–Crippen MR) is 104 cm³/mol. The first-order valence-electron chi connectivity index (χ1n) is 8.75. The minimum atomic E-state index is -0.843. The highest BCUT2D eigenvalue weighted by atomic mass is 19.1. The van der Waals surface area contributed by atoms with Crippen molar-refractivity contribution in [1.82, 2.24) is 10.2 Å². The first kappa shape index (κ1) is 19.6. The summed E-state index contributed by atoms with van der Waals surface area (Å²) >= 11 is 0. The van der Waals surface area contributed by atoms with Crippen LogP contribution in [0.25, 0.3) is 11.1 Å². The van der Waals surface area contributed by atoms with E-state index in [9.17, 15) is 13.6 Å². The van der Waals surface area contributed by atoms with Crippen molar-refractivity contribution in [3.05, 3.63) is 78.3 Å². The third-order valence-corrected chi connectivity index (χ3v) is 4.33. The quantitative estimate of drug-likeness (QED) is 0.649. The van der Waals surface area contributed by atoms with Gasteiger partial charge in [-0.2, -0.15) is 0 Å². The summed E-state index contributed by atoms with van der Waals surface area (Å²) in [5, 5.41) is 5.21. The number of amides is 2. The maximum absolute atomic E-state index is 14.4. The van der Waals surface area contributed by atoms with Crippen molar-refractivity contribution in [3.63, 3.8) is 0 Å². The van der Waals surface area contributed by atoms with Gasteiger partial charge in [0.25, 0.3) is 0 Å². The lowest BCUT2D eigenvalue weighted by Crippen LogP contribution is -2.37. The Balaban J connectivity index is 1.77. The smallest absolute Gasteiger partial charge is 0.319 e. The second-order valence-corrected chi connectivity index (χ2v) is 6.51. The number of halogens is 2. The minimum absolute atomic E-state index is 0.0792. The van der Waals surface area contributed by atoms with Crippen molar-refractivity contribution < 1.29 is 18.0 Å². The number of rotatable bonds is 6. The van der Waals surface area contributed by atoms with E-state index in [1.807, 2.05) is 25.1 Å². The number of carbonyl (C=O) groups excluding carboxylic acids is 1. The van der Waals surface area contributed by atoms with Gasteiger partial charge in [0.05, 0.1) is 18.0 Å². The molecule has 3 aromatic rings. The Hall–Kier alpha value is -3.19. The van der Waals surface area contributed by atoms with Gasteiger partial charge in [0.1, 0.15) is 17.4 Å². The SMILES string of the molecule is CN(C)C(CNC(=O)Nc1c(F)cc(F)cc1-c1ccccc1)c1ccco1. The highest BCUT2D eigenvalue weighted by molar-refractivity contribution is 5.94. The van der Waals surface area contributed by atoms with Gasteiger partial charge in [-0.1, -0.05) is 30.3 Å². The molecule has 3 rings (SSSR count). The van der Waals surface area contributed by atoms with Crippen LogP contribution in [0.5, 0.6) is 0 Å². The normalized spacial score (nSPS) is 12.0. The number of urea groups is 1. The number of nitrogens with zero attached hydrogens (tertiary/aromatic N) is 1. The Morgan fingerprint density at radius 2 is 1.86 bits per heavy atom.